The van der Waals surface area contributed by atoms with Crippen molar-refractivity contribution in [3.63, 3.8) is 0 Å². The minimum Gasteiger partial charge on any atom is -0.490 e. The Morgan fingerprint density at radius 3 is 3.04 bits per heavy atom. The van der Waals surface area contributed by atoms with Crippen molar-refractivity contribution >= 4 is 11.6 Å². The van der Waals surface area contributed by atoms with Gasteiger partial charge < -0.3 is 20.1 Å². The van der Waals surface area contributed by atoms with Gasteiger partial charge in [-0.25, -0.2) is 0 Å². The van der Waals surface area contributed by atoms with Crippen LogP contribution in [0.5, 0.6) is 5.75 Å². The lowest BCUT2D eigenvalue weighted by Gasteiger charge is -2.28. The van der Waals surface area contributed by atoms with E-state index in [0.29, 0.717) is 17.7 Å². The number of carbonyl (C=O) groups excluding carboxylic acids is 1. The highest BCUT2D eigenvalue weighted by molar-refractivity contribution is 5.95. The molecule has 2 N–H and O–H groups in total. The number of rotatable bonds is 4. The summed E-state index contributed by atoms with van der Waals surface area (Å²) in [6, 6.07) is 5.33. The van der Waals surface area contributed by atoms with Crippen LogP contribution in [-0.2, 0) is 7.05 Å². The third kappa shape index (κ3) is 3.29. The van der Waals surface area contributed by atoms with Gasteiger partial charge in [0.05, 0.1) is 24.5 Å². The number of aromatic nitrogens is 2. The number of aliphatic hydroxyl groups excluding tert-OH is 1. The van der Waals surface area contributed by atoms with Crippen molar-refractivity contribution in [2.24, 2.45) is 7.05 Å². The molecule has 122 valence electrons. The summed E-state index contributed by atoms with van der Waals surface area (Å²) in [5, 5.41) is 16.8. The molecule has 1 unspecified atom stereocenters. The second kappa shape index (κ2) is 6.29. The molecule has 2 aromatic rings. The van der Waals surface area contributed by atoms with Crippen LogP contribution in [0.3, 0.4) is 0 Å². The smallest absolute Gasteiger partial charge is 0.251 e. The van der Waals surface area contributed by atoms with Crippen molar-refractivity contribution in [2.75, 3.05) is 31.6 Å². The highest BCUT2D eigenvalue weighted by Gasteiger charge is 2.18. The largest absolute Gasteiger partial charge is 0.490 e. The molecule has 0 aliphatic carbocycles. The summed E-state index contributed by atoms with van der Waals surface area (Å²) < 4.78 is 7.18. The summed E-state index contributed by atoms with van der Waals surface area (Å²) in [5.41, 5.74) is 2.11. The third-order valence-electron chi connectivity index (χ3n) is 3.88. The predicted octanol–water partition coefficient (Wildman–Crippen LogP) is 0.712. The number of amides is 1. The zero-order valence-electron chi connectivity index (χ0n) is 13.2. The molecule has 1 aliphatic heterocycles. The standard InChI is InChI=1S/C16H20N4O3/c1-19-5-6-23-15-4-3-11(7-13(15)19)16(22)17-9-14(21)12-8-18-20(2)10-12/h3-4,7-8,10,14,21H,5-6,9H2,1-2H3,(H,17,22). The fourth-order valence-electron chi connectivity index (χ4n) is 2.51. The Morgan fingerprint density at radius 1 is 1.48 bits per heavy atom. The molecule has 7 heteroatoms. The lowest BCUT2D eigenvalue weighted by Crippen LogP contribution is -2.31. The second-order valence-corrected chi connectivity index (χ2v) is 5.63. The number of hydrogen-bond acceptors (Lipinski definition) is 5. The number of anilines is 1. The maximum Gasteiger partial charge on any atom is 0.251 e. The van der Waals surface area contributed by atoms with Gasteiger partial charge in [-0.05, 0) is 18.2 Å². The summed E-state index contributed by atoms with van der Waals surface area (Å²) in [6.07, 6.45) is 2.53. The molecule has 23 heavy (non-hydrogen) atoms. The van der Waals surface area contributed by atoms with Crippen molar-refractivity contribution in [3.8, 4) is 5.75 Å². The SMILES string of the molecule is CN1CCOc2ccc(C(=O)NCC(O)c3cnn(C)c3)cc21. The van der Waals surface area contributed by atoms with Gasteiger partial charge in [0.25, 0.3) is 5.91 Å². The van der Waals surface area contributed by atoms with E-state index in [4.69, 9.17) is 4.74 Å². The summed E-state index contributed by atoms with van der Waals surface area (Å²) in [4.78, 5) is 14.3. The average molecular weight is 316 g/mol. The van der Waals surface area contributed by atoms with Gasteiger partial charge in [0.1, 0.15) is 12.4 Å². The molecule has 1 aromatic carbocycles. The molecule has 3 rings (SSSR count). The van der Waals surface area contributed by atoms with Crippen LogP contribution in [0.15, 0.2) is 30.6 Å². The van der Waals surface area contributed by atoms with Crippen LogP contribution in [0.1, 0.15) is 22.0 Å². The fourth-order valence-corrected chi connectivity index (χ4v) is 2.51. The fraction of sp³-hybridized carbons (Fsp3) is 0.375. The normalized spacial score (nSPS) is 14.8. The first-order valence-corrected chi connectivity index (χ1v) is 7.47. The lowest BCUT2D eigenvalue weighted by atomic mass is 10.1. The summed E-state index contributed by atoms with van der Waals surface area (Å²) in [5.74, 6) is 0.556. The maximum absolute atomic E-state index is 12.3. The Morgan fingerprint density at radius 2 is 2.30 bits per heavy atom. The quantitative estimate of drug-likeness (QED) is 0.868. The van der Waals surface area contributed by atoms with Crippen LogP contribution < -0.4 is 15.0 Å². The van der Waals surface area contributed by atoms with E-state index in [9.17, 15) is 9.90 Å². The average Bonchev–Trinajstić information content (AvgIpc) is 2.99. The van der Waals surface area contributed by atoms with Crippen LogP contribution in [-0.4, -0.2) is 47.5 Å². The Kier molecular flexibility index (Phi) is 4.20. The Hall–Kier alpha value is -2.54. The number of nitrogens with zero attached hydrogens (tertiary/aromatic N) is 3. The monoisotopic (exact) mass is 316 g/mol. The number of aryl methyl sites for hydroxylation is 1. The van der Waals surface area contributed by atoms with Crippen molar-refractivity contribution < 1.29 is 14.6 Å². The van der Waals surface area contributed by atoms with Gasteiger partial charge >= 0.3 is 0 Å². The summed E-state index contributed by atoms with van der Waals surface area (Å²) >= 11 is 0. The van der Waals surface area contributed by atoms with Crippen molar-refractivity contribution in [1.82, 2.24) is 15.1 Å². The zero-order valence-corrected chi connectivity index (χ0v) is 13.2. The Labute approximate surface area is 134 Å². The second-order valence-electron chi connectivity index (χ2n) is 5.63. The number of ether oxygens (including phenoxy) is 1. The lowest BCUT2D eigenvalue weighted by molar-refractivity contribution is 0.0916. The van der Waals surface area contributed by atoms with Gasteiger partial charge in [-0.1, -0.05) is 0 Å². The van der Waals surface area contributed by atoms with E-state index in [1.165, 1.54) is 0 Å². The van der Waals surface area contributed by atoms with Crippen molar-refractivity contribution in [2.45, 2.75) is 6.10 Å². The number of nitrogens with one attached hydrogen (secondary N) is 1. The van der Waals surface area contributed by atoms with Crippen LogP contribution >= 0.6 is 0 Å². The van der Waals surface area contributed by atoms with Gasteiger partial charge in [-0.2, -0.15) is 5.10 Å². The first-order valence-electron chi connectivity index (χ1n) is 7.47. The minimum absolute atomic E-state index is 0.133. The number of fused-ring (bicyclic) bond motifs is 1. The number of likely N-dealkylation sites (N-methyl/N-ethyl adjacent to an activating group) is 1. The maximum atomic E-state index is 12.3. The molecular weight excluding hydrogens is 296 g/mol. The number of carbonyl (C=O) groups is 1. The molecule has 2 heterocycles. The first kappa shape index (κ1) is 15.4. The van der Waals surface area contributed by atoms with E-state index in [0.717, 1.165) is 18.0 Å². The molecule has 0 radical (unpaired) electrons. The van der Waals surface area contributed by atoms with E-state index in [1.54, 1.807) is 42.3 Å². The molecule has 1 atom stereocenters. The van der Waals surface area contributed by atoms with Crippen LogP contribution in [0.2, 0.25) is 0 Å². The van der Waals surface area contributed by atoms with E-state index < -0.39 is 6.10 Å². The molecule has 0 saturated heterocycles. The van der Waals surface area contributed by atoms with Gasteiger partial charge in [-0.15, -0.1) is 0 Å². The third-order valence-corrected chi connectivity index (χ3v) is 3.88. The van der Waals surface area contributed by atoms with E-state index >= 15 is 0 Å². The van der Waals surface area contributed by atoms with E-state index in [1.807, 2.05) is 7.05 Å². The molecule has 0 bridgehead atoms. The van der Waals surface area contributed by atoms with E-state index in [2.05, 4.69) is 15.3 Å². The van der Waals surface area contributed by atoms with Gasteiger partial charge in [0.2, 0.25) is 0 Å². The summed E-state index contributed by atoms with van der Waals surface area (Å²) in [7, 11) is 3.75. The molecule has 0 saturated carbocycles. The van der Waals surface area contributed by atoms with Crippen molar-refractivity contribution in [1.29, 1.82) is 0 Å². The van der Waals surface area contributed by atoms with Crippen LogP contribution in [0.25, 0.3) is 0 Å². The van der Waals surface area contributed by atoms with Gasteiger partial charge in [0.15, 0.2) is 0 Å². The highest BCUT2D eigenvalue weighted by Crippen LogP contribution is 2.31. The Balaban J connectivity index is 1.65. The van der Waals surface area contributed by atoms with E-state index in [-0.39, 0.29) is 12.5 Å². The first-order chi connectivity index (χ1) is 11.0. The molecule has 0 fully saturated rings. The molecule has 0 spiro atoms. The molecular formula is C16H20N4O3. The number of hydrogen-bond donors (Lipinski definition) is 2. The van der Waals surface area contributed by atoms with Crippen LogP contribution in [0, 0.1) is 0 Å². The number of benzene rings is 1. The molecule has 1 aliphatic rings. The van der Waals surface area contributed by atoms with Crippen molar-refractivity contribution in [3.05, 3.63) is 41.7 Å². The van der Waals surface area contributed by atoms with Crippen LogP contribution in [0.4, 0.5) is 5.69 Å². The Bertz CT molecular complexity index is 713. The predicted molar refractivity (Wildman–Crippen MR) is 85.7 cm³/mol. The van der Waals surface area contributed by atoms with Gasteiger partial charge in [-0.3, -0.25) is 9.48 Å². The highest BCUT2D eigenvalue weighted by atomic mass is 16.5. The molecule has 7 nitrogen and oxygen atoms in total. The number of aliphatic hydroxyl groups is 1. The molecule has 1 aromatic heterocycles. The zero-order chi connectivity index (χ0) is 16.4. The summed E-state index contributed by atoms with van der Waals surface area (Å²) in [6.45, 7) is 1.57. The molecule has 1 amide bonds. The minimum atomic E-state index is -0.781. The topological polar surface area (TPSA) is 79.6 Å². The van der Waals surface area contributed by atoms with Gasteiger partial charge in [0, 0.05) is 38.0 Å².